The average molecular weight is 368 g/mol. The van der Waals surface area contributed by atoms with Gasteiger partial charge in [0.2, 0.25) is 0 Å². The Hall–Kier alpha value is -1.92. The van der Waals surface area contributed by atoms with Gasteiger partial charge in [0.1, 0.15) is 11.6 Å². The lowest BCUT2D eigenvalue weighted by molar-refractivity contribution is 0.391. The first kappa shape index (κ1) is 16.9. The molecule has 3 nitrogen and oxygen atoms in total. The van der Waals surface area contributed by atoms with Gasteiger partial charge in [-0.3, -0.25) is 0 Å². The highest BCUT2D eigenvalue weighted by molar-refractivity contribution is 7.80. The first-order valence-electron chi connectivity index (χ1n) is 7.55. The summed E-state index contributed by atoms with van der Waals surface area (Å²) >= 11 is 11.6. The second-order valence-electron chi connectivity index (χ2n) is 5.48. The van der Waals surface area contributed by atoms with Crippen molar-refractivity contribution in [3.8, 4) is 0 Å². The lowest BCUT2D eigenvalue weighted by atomic mass is 10.2. The van der Waals surface area contributed by atoms with Crippen LogP contribution in [0.3, 0.4) is 0 Å². The van der Waals surface area contributed by atoms with E-state index in [2.05, 4.69) is 10.2 Å². The summed E-state index contributed by atoms with van der Waals surface area (Å²) in [6, 6.07) is 11.1. The van der Waals surface area contributed by atoms with Crippen LogP contribution in [0.25, 0.3) is 0 Å². The zero-order valence-corrected chi connectivity index (χ0v) is 14.4. The summed E-state index contributed by atoms with van der Waals surface area (Å²) in [5.41, 5.74) is 1.18. The van der Waals surface area contributed by atoms with E-state index in [9.17, 15) is 8.78 Å². The first-order chi connectivity index (χ1) is 11.5. The van der Waals surface area contributed by atoms with E-state index in [-0.39, 0.29) is 5.69 Å². The summed E-state index contributed by atoms with van der Waals surface area (Å²) in [6.07, 6.45) is 0. The van der Waals surface area contributed by atoms with Crippen LogP contribution in [-0.4, -0.2) is 36.2 Å². The van der Waals surface area contributed by atoms with Crippen molar-refractivity contribution < 1.29 is 8.78 Å². The van der Waals surface area contributed by atoms with Crippen molar-refractivity contribution in [2.45, 2.75) is 0 Å². The molecule has 7 heteroatoms. The standard InChI is InChI=1S/C17H16ClF2N3S/c18-13-3-1-2-4-16(13)22-7-9-23(10-8-22)17(24)21-15-6-5-12(19)11-14(15)20/h1-6,11H,7-10H2,(H,21,24). The maximum Gasteiger partial charge on any atom is 0.173 e. The van der Waals surface area contributed by atoms with Gasteiger partial charge in [-0.05, 0) is 36.5 Å². The number of thiocarbonyl (C=S) groups is 1. The van der Waals surface area contributed by atoms with Crippen molar-refractivity contribution in [3.63, 3.8) is 0 Å². The molecule has 0 bridgehead atoms. The summed E-state index contributed by atoms with van der Waals surface area (Å²) in [6.45, 7) is 2.91. The fraction of sp³-hybridized carbons (Fsp3) is 0.235. The molecule has 1 aliphatic rings. The number of hydrogen-bond donors (Lipinski definition) is 1. The van der Waals surface area contributed by atoms with Gasteiger partial charge in [-0.2, -0.15) is 0 Å². The SMILES string of the molecule is Fc1ccc(NC(=S)N2CCN(c3ccccc3Cl)CC2)c(F)c1. The number of rotatable bonds is 2. The normalized spacial score (nSPS) is 14.6. The second kappa shape index (κ2) is 7.32. The van der Waals surface area contributed by atoms with E-state index in [0.717, 1.165) is 29.9 Å². The fourth-order valence-corrected chi connectivity index (χ4v) is 3.19. The van der Waals surface area contributed by atoms with E-state index in [1.807, 2.05) is 29.2 Å². The number of para-hydroxylation sites is 1. The smallest absolute Gasteiger partial charge is 0.173 e. The number of piperazine rings is 1. The Bertz CT molecular complexity index is 748. The maximum absolute atomic E-state index is 13.7. The molecule has 1 N–H and O–H groups in total. The third kappa shape index (κ3) is 3.76. The summed E-state index contributed by atoms with van der Waals surface area (Å²) in [7, 11) is 0. The highest BCUT2D eigenvalue weighted by atomic mass is 35.5. The zero-order chi connectivity index (χ0) is 17.1. The minimum Gasteiger partial charge on any atom is -0.367 e. The van der Waals surface area contributed by atoms with Crippen LogP contribution in [0.4, 0.5) is 20.2 Å². The number of nitrogens with one attached hydrogen (secondary N) is 1. The Morgan fingerprint density at radius 3 is 2.42 bits per heavy atom. The first-order valence-corrected chi connectivity index (χ1v) is 8.33. The molecule has 0 spiro atoms. The van der Waals surface area contributed by atoms with Gasteiger partial charge >= 0.3 is 0 Å². The average Bonchev–Trinajstić information content (AvgIpc) is 2.58. The van der Waals surface area contributed by atoms with Crippen molar-refractivity contribution in [1.29, 1.82) is 0 Å². The van der Waals surface area contributed by atoms with Gasteiger partial charge < -0.3 is 15.1 Å². The molecule has 1 aliphatic heterocycles. The molecule has 0 radical (unpaired) electrons. The molecule has 126 valence electrons. The van der Waals surface area contributed by atoms with Crippen molar-refractivity contribution >= 4 is 40.3 Å². The number of hydrogen-bond acceptors (Lipinski definition) is 2. The van der Waals surface area contributed by atoms with E-state index in [4.69, 9.17) is 23.8 Å². The Morgan fingerprint density at radius 1 is 1.04 bits per heavy atom. The Balaban J connectivity index is 1.60. The molecule has 3 rings (SSSR count). The predicted molar refractivity (Wildman–Crippen MR) is 97.8 cm³/mol. The molecule has 0 aliphatic carbocycles. The molecule has 2 aromatic carbocycles. The molecule has 24 heavy (non-hydrogen) atoms. The lowest BCUT2D eigenvalue weighted by Crippen LogP contribution is -2.50. The van der Waals surface area contributed by atoms with Crippen LogP contribution < -0.4 is 10.2 Å². The van der Waals surface area contributed by atoms with Gasteiger partial charge in [-0.25, -0.2) is 8.78 Å². The Labute approximate surface area is 149 Å². The summed E-state index contributed by atoms with van der Waals surface area (Å²) in [5.74, 6) is -1.27. The summed E-state index contributed by atoms with van der Waals surface area (Å²) < 4.78 is 26.7. The molecule has 0 atom stereocenters. The van der Waals surface area contributed by atoms with Gasteiger partial charge in [0.15, 0.2) is 5.11 Å². The molecule has 0 aromatic heterocycles. The van der Waals surface area contributed by atoms with E-state index < -0.39 is 11.6 Å². The van der Waals surface area contributed by atoms with Crippen LogP contribution in [0.15, 0.2) is 42.5 Å². The van der Waals surface area contributed by atoms with Gasteiger partial charge in [-0.15, -0.1) is 0 Å². The van der Waals surface area contributed by atoms with Crippen LogP contribution >= 0.6 is 23.8 Å². The quantitative estimate of drug-likeness (QED) is 0.804. The minimum absolute atomic E-state index is 0.176. The third-order valence-electron chi connectivity index (χ3n) is 3.93. The molecule has 0 saturated carbocycles. The van der Waals surface area contributed by atoms with E-state index >= 15 is 0 Å². The van der Waals surface area contributed by atoms with Crippen molar-refractivity contribution in [2.24, 2.45) is 0 Å². The Kier molecular flexibility index (Phi) is 5.16. The van der Waals surface area contributed by atoms with Crippen molar-refractivity contribution in [2.75, 3.05) is 36.4 Å². The van der Waals surface area contributed by atoms with Crippen LogP contribution in [0.1, 0.15) is 0 Å². The van der Waals surface area contributed by atoms with Crippen molar-refractivity contribution in [1.82, 2.24) is 4.90 Å². The second-order valence-corrected chi connectivity index (χ2v) is 6.27. The molecular weight excluding hydrogens is 352 g/mol. The van der Waals surface area contributed by atoms with Crippen LogP contribution in [0, 0.1) is 11.6 Å². The number of nitrogens with zero attached hydrogens (tertiary/aromatic N) is 2. The van der Waals surface area contributed by atoms with E-state index in [1.54, 1.807) is 0 Å². The van der Waals surface area contributed by atoms with Crippen LogP contribution in [-0.2, 0) is 0 Å². The van der Waals surface area contributed by atoms with Gasteiger partial charge in [0, 0.05) is 32.2 Å². The summed E-state index contributed by atoms with van der Waals surface area (Å²) in [5, 5.41) is 4.00. The number of anilines is 2. The molecule has 1 heterocycles. The zero-order valence-electron chi connectivity index (χ0n) is 12.8. The Morgan fingerprint density at radius 2 is 1.75 bits per heavy atom. The van der Waals surface area contributed by atoms with E-state index in [0.29, 0.717) is 18.2 Å². The van der Waals surface area contributed by atoms with E-state index in [1.165, 1.54) is 12.1 Å². The number of halogens is 3. The van der Waals surface area contributed by atoms with Gasteiger partial charge in [0.05, 0.1) is 16.4 Å². The molecule has 0 amide bonds. The maximum atomic E-state index is 13.7. The minimum atomic E-state index is -0.660. The largest absolute Gasteiger partial charge is 0.367 e. The third-order valence-corrected chi connectivity index (χ3v) is 4.61. The molecular formula is C17H16ClF2N3S. The highest BCUT2D eigenvalue weighted by Gasteiger charge is 2.21. The molecule has 2 aromatic rings. The lowest BCUT2D eigenvalue weighted by Gasteiger charge is -2.37. The van der Waals surface area contributed by atoms with Crippen LogP contribution in [0.2, 0.25) is 5.02 Å². The number of benzene rings is 2. The highest BCUT2D eigenvalue weighted by Crippen LogP contribution is 2.26. The molecule has 0 unspecified atom stereocenters. The van der Waals surface area contributed by atoms with Crippen LogP contribution in [0.5, 0.6) is 0 Å². The predicted octanol–water partition coefficient (Wildman–Crippen LogP) is 4.14. The summed E-state index contributed by atoms with van der Waals surface area (Å²) in [4.78, 5) is 4.16. The molecule has 1 fully saturated rings. The molecule has 1 saturated heterocycles. The van der Waals surface area contributed by atoms with Gasteiger partial charge in [0.25, 0.3) is 0 Å². The monoisotopic (exact) mass is 367 g/mol. The topological polar surface area (TPSA) is 18.5 Å². The van der Waals surface area contributed by atoms with Crippen molar-refractivity contribution in [3.05, 3.63) is 59.1 Å². The van der Waals surface area contributed by atoms with Gasteiger partial charge in [-0.1, -0.05) is 23.7 Å². The fourth-order valence-electron chi connectivity index (χ4n) is 2.64.